The second kappa shape index (κ2) is 13.8. The van der Waals surface area contributed by atoms with Gasteiger partial charge in [0.2, 0.25) is 0 Å². The number of hydrogen-bond donors (Lipinski definition) is 0. The van der Waals surface area contributed by atoms with Gasteiger partial charge in [-0.05, 0) is 105 Å². The summed E-state index contributed by atoms with van der Waals surface area (Å²) in [6.07, 6.45) is 0. The maximum absolute atomic E-state index is 5.49. The Labute approximate surface area is 377 Å². The molecule has 0 saturated carbocycles. The Bertz CT molecular complexity index is 3810. The summed E-state index contributed by atoms with van der Waals surface area (Å²) in [5.41, 5.74) is 20.7. The smallest absolute Gasteiger partial charge is 0.0788 e. The molecule has 1 spiro atoms. The van der Waals surface area contributed by atoms with E-state index in [4.69, 9.17) is 4.98 Å². The fourth-order valence-corrected chi connectivity index (χ4v) is 11.8. The van der Waals surface area contributed by atoms with Crippen molar-refractivity contribution in [3.05, 3.63) is 259 Å². The van der Waals surface area contributed by atoms with E-state index in [1.54, 1.807) is 0 Å². The highest BCUT2D eigenvalue weighted by atomic mass is 14.7. The van der Waals surface area contributed by atoms with Crippen molar-refractivity contribution >= 4 is 43.2 Å². The van der Waals surface area contributed by atoms with Gasteiger partial charge in [0, 0.05) is 21.7 Å². The van der Waals surface area contributed by atoms with Gasteiger partial charge in [-0.15, -0.1) is 0 Å². The Balaban J connectivity index is 0.959. The van der Waals surface area contributed by atoms with Crippen LogP contribution >= 0.6 is 0 Å². The van der Waals surface area contributed by atoms with E-state index in [2.05, 4.69) is 237 Å². The molecule has 0 atom stereocenters. The van der Waals surface area contributed by atoms with Crippen molar-refractivity contribution in [3.8, 4) is 66.9 Å². The highest BCUT2D eigenvalue weighted by Gasteiger charge is 2.52. The van der Waals surface area contributed by atoms with Crippen LogP contribution in [0.25, 0.3) is 110 Å². The van der Waals surface area contributed by atoms with Crippen LogP contribution in [0, 0.1) is 0 Å². The van der Waals surface area contributed by atoms with E-state index in [0.717, 1.165) is 16.8 Å². The van der Waals surface area contributed by atoms with Crippen LogP contribution in [0.1, 0.15) is 22.3 Å². The summed E-state index contributed by atoms with van der Waals surface area (Å²) in [7, 11) is 0. The van der Waals surface area contributed by atoms with Crippen molar-refractivity contribution in [2.24, 2.45) is 0 Å². The molecule has 0 saturated heterocycles. The molecule has 1 nitrogen and oxygen atoms in total. The van der Waals surface area contributed by atoms with E-state index in [-0.39, 0.29) is 0 Å². The molecule has 0 aliphatic heterocycles. The second-order valence-corrected chi connectivity index (χ2v) is 17.6. The van der Waals surface area contributed by atoms with E-state index in [9.17, 15) is 0 Å². The molecule has 1 heteroatoms. The fourth-order valence-electron chi connectivity index (χ4n) is 11.8. The van der Waals surface area contributed by atoms with Crippen LogP contribution in [0.4, 0.5) is 0 Å². The van der Waals surface area contributed by atoms with Crippen molar-refractivity contribution in [2.45, 2.75) is 5.41 Å². The average Bonchev–Trinajstić information content (AvgIpc) is 3.86. The SMILES string of the molecule is c1ccc(-c2ccc(-c3c4ccccc4c(-c4ccc(-c5nc6ccccc6c6c7c(ccc56)C5(c6ccccc6-c6ccccc65)c5ccccc5-7)cc4)c4ccccc34)cc2)cc1. The van der Waals surface area contributed by atoms with E-state index >= 15 is 0 Å². The van der Waals surface area contributed by atoms with Gasteiger partial charge in [0.25, 0.3) is 0 Å². The molecule has 0 bridgehead atoms. The van der Waals surface area contributed by atoms with Crippen LogP contribution in [-0.2, 0) is 5.41 Å². The molecule has 0 unspecified atom stereocenters. The number of aromatic nitrogens is 1. The largest absolute Gasteiger partial charge is 0.247 e. The van der Waals surface area contributed by atoms with Crippen molar-refractivity contribution in [3.63, 3.8) is 0 Å². The van der Waals surface area contributed by atoms with Gasteiger partial charge in [0.1, 0.15) is 0 Å². The molecular weight excluding hydrogens is 783 g/mol. The van der Waals surface area contributed by atoms with Crippen molar-refractivity contribution in [2.75, 3.05) is 0 Å². The van der Waals surface area contributed by atoms with Gasteiger partial charge in [-0.2, -0.15) is 0 Å². The van der Waals surface area contributed by atoms with Gasteiger partial charge in [-0.3, -0.25) is 0 Å². The summed E-state index contributed by atoms with van der Waals surface area (Å²) in [4.78, 5) is 5.49. The molecule has 0 amide bonds. The van der Waals surface area contributed by atoms with Crippen LogP contribution in [0.5, 0.6) is 0 Å². The van der Waals surface area contributed by atoms with Crippen LogP contribution in [0.15, 0.2) is 237 Å². The lowest BCUT2D eigenvalue weighted by Crippen LogP contribution is -2.25. The van der Waals surface area contributed by atoms with Gasteiger partial charge in [0.05, 0.1) is 16.6 Å². The predicted molar refractivity (Wildman–Crippen MR) is 272 cm³/mol. The summed E-state index contributed by atoms with van der Waals surface area (Å²) in [5.74, 6) is 0. The minimum atomic E-state index is -0.411. The number of rotatable bonds is 4. The normalized spacial score (nSPS) is 13.0. The lowest BCUT2D eigenvalue weighted by molar-refractivity contribution is 0.794. The Morgan fingerprint density at radius 1 is 0.246 bits per heavy atom. The quantitative estimate of drug-likeness (QED) is 0.127. The molecule has 1 aromatic heterocycles. The minimum absolute atomic E-state index is 0.411. The summed E-state index contributed by atoms with van der Waals surface area (Å²) < 4.78 is 0. The zero-order valence-electron chi connectivity index (χ0n) is 35.5. The lowest BCUT2D eigenvalue weighted by atomic mass is 9.70. The number of benzene rings is 11. The molecule has 0 fully saturated rings. The van der Waals surface area contributed by atoms with Crippen LogP contribution < -0.4 is 0 Å². The van der Waals surface area contributed by atoms with Gasteiger partial charge in [0.15, 0.2) is 0 Å². The number of nitrogens with zero attached hydrogens (tertiary/aromatic N) is 1. The predicted octanol–water partition coefficient (Wildman–Crippen LogP) is 16.7. The molecular formula is C64H39N. The number of para-hydroxylation sites is 1. The van der Waals surface area contributed by atoms with Gasteiger partial charge in [-0.1, -0.05) is 231 Å². The zero-order valence-corrected chi connectivity index (χ0v) is 35.5. The Morgan fingerprint density at radius 3 is 1.23 bits per heavy atom. The molecule has 2 aliphatic carbocycles. The Hall–Kier alpha value is -8.39. The highest BCUT2D eigenvalue weighted by molar-refractivity contribution is 6.22. The van der Waals surface area contributed by atoms with Crippen LogP contribution in [-0.4, -0.2) is 4.98 Å². The van der Waals surface area contributed by atoms with Crippen molar-refractivity contribution in [1.82, 2.24) is 4.98 Å². The molecule has 0 radical (unpaired) electrons. The summed E-state index contributed by atoms with van der Waals surface area (Å²) >= 11 is 0. The summed E-state index contributed by atoms with van der Waals surface area (Å²) in [5, 5.41) is 8.60. The molecule has 12 aromatic rings. The zero-order chi connectivity index (χ0) is 42.6. The average molecular weight is 822 g/mol. The third-order valence-corrected chi connectivity index (χ3v) is 14.5. The van der Waals surface area contributed by atoms with Gasteiger partial charge in [-0.25, -0.2) is 4.98 Å². The first-order valence-corrected chi connectivity index (χ1v) is 22.6. The molecule has 0 N–H and O–H groups in total. The van der Waals surface area contributed by atoms with Crippen molar-refractivity contribution in [1.29, 1.82) is 0 Å². The maximum Gasteiger partial charge on any atom is 0.0788 e. The number of pyridine rings is 1. The molecule has 65 heavy (non-hydrogen) atoms. The van der Waals surface area contributed by atoms with Gasteiger partial charge < -0.3 is 0 Å². The van der Waals surface area contributed by atoms with E-state index in [1.165, 1.54) is 116 Å². The summed E-state index contributed by atoms with van der Waals surface area (Å²) in [6, 6.07) is 87.4. The third kappa shape index (κ3) is 5.01. The molecule has 1 heterocycles. The van der Waals surface area contributed by atoms with E-state index < -0.39 is 5.41 Å². The Kier molecular flexibility index (Phi) is 7.67. The van der Waals surface area contributed by atoms with E-state index in [1.807, 2.05) is 0 Å². The minimum Gasteiger partial charge on any atom is -0.247 e. The highest BCUT2D eigenvalue weighted by Crippen LogP contribution is 2.64. The first-order valence-electron chi connectivity index (χ1n) is 22.6. The molecule has 2 aliphatic rings. The molecule has 14 rings (SSSR count). The lowest BCUT2D eigenvalue weighted by Gasteiger charge is -2.30. The first-order chi connectivity index (χ1) is 32.3. The standard InChI is InChI=1S/C64H39N/c1-2-16-40(17-3-1)41-30-32-42(33-31-41)59-47-20-4-6-22-49(47)60(50-23-7-5-21-48(50)59)43-34-36-44(37-35-43)63-53-38-39-57-62(61(53)52-25-11-15-29-58(52)65-63)51-24-10-14-28-56(51)64(57)54-26-12-8-18-45(54)46-19-9-13-27-55(46)64/h1-39H. The van der Waals surface area contributed by atoms with Crippen LogP contribution in [0.2, 0.25) is 0 Å². The summed E-state index contributed by atoms with van der Waals surface area (Å²) in [6.45, 7) is 0. The number of fused-ring (bicyclic) bond motifs is 16. The van der Waals surface area contributed by atoms with Gasteiger partial charge >= 0.3 is 0 Å². The van der Waals surface area contributed by atoms with E-state index in [0.29, 0.717) is 0 Å². The van der Waals surface area contributed by atoms with Crippen LogP contribution in [0.3, 0.4) is 0 Å². The topological polar surface area (TPSA) is 12.9 Å². The molecule has 300 valence electrons. The second-order valence-electron chi connectivity index (χ2n) is 17.6. The van der Waals surface area contributed by atoms with Crippen molar-refractivity contribution < 1.29 is 0 Å². The fraction of sp³-hybridized carbons (Fsp3) is 0.0156. The number of hydrogen-bond acceptors (Lipinski definition) is 1. The maximum atomic E-state index is 5.49. The third-order valence-electron chi connectivity index (χ3n) is 14.5. The molecule has 11 aromatic carbocycles. The Morgan fingerprint density at radius 2 is 0.662 bits per heavy atom. The monoisotopic (exact) mass is 821 g/mol. The first kappa shape index (κ1) is 36.1.